The molecule has 27 heavy (non-hydrogen) atoms. The SMILES string of the molecule is N[C@@]1(C(=O)O)CN(c2c(Nc3ccn[nH]3)c(=O)c2=O)C[C@@H]1CCCB(O)O. The lowest BCUT2D eigenvalue weighted by molar-refractivity contribution is -0.144. The van der Waals surface area contributed by atoms with Gasteiger partial charge in [0.05, 0.1) is 6.20 Å². The molecule has 0 unspecified atom stereocenters. The van der Waals surface area contributed by atoms with E-state index in [0.717, 1.165) is 0 Å². The van der Waals surface area contributed by atoms with Crippen LogP contribution < -0.4 is 26.8 Å². The third kappa shape index (κ3) is 3.46. The van der Waals surface area contributed by atoms with Gasteiger partial charge >= 0.3 is 13.1 Å². The van der Waals surface area contributed by atoms with Crippen LogP contribution in [0.3, 0.4) is 0 Å². The Bertz CT molecular complexity index is 893. The molecule has 2 atom stereocenters. The van der Waals surface area contributed by atoms with Crippen LogP contribution in [0.2, 0.25) is 6.32 Å². The zero-order chi connectivity index (χ0) is 19.8. The summed E-state index contributed by atoms with van der Waals surface area (Å²) in [7, 11) is -1.47. The highest BCUT2D eigenvalue weighted by molar-refractivity contribution is 6.40. The topological polar surface area (TPSA) is 182 Å². The Kier molecular flexibility index (Phi) is 5.04. The first kappa shape index (κ1) is 19.1. The molecule has 1 aliphatic heterocycles. The molecule has 2 aromatic rings. The Morgan fingerprint density at radius 2 is 2.19 bits per heavy atom. The number of carboxylic acid groups (broad SMARTS) is 1. The molecule has 0 saturated carbocycles. The van der Waals surface area contributed by atoms with Crippen molar-refractivity contribution in [3.63, 3.8) is 0 Å². The number of nitrogens with zero attached hydrogens (tertiary/aromatic N) is 2. The van der Waals surface area contributed by atoms with Gasteiger partial charge in [0, 0.05) is 25.1 Å². The minimum atomic E-state index is -1.61. The van der Waals surface area contributed by atoms with Gasteiger partial charge in [0.1, 0.15) is 22.7 Å². The minimum Gasteiger partial charge on any atom is -0.480 e. The summed E-state index contributed by atoms with van der Waals surface area (Å²) in [6, 6.07) is 1.58. The first-order chi connectivity index (χ1) is 12.7. The fraction of sp³-hybridized carbons (Fsp3) is 0.467. The van der Waals surface area contributed by atoms with Crippen LogP contribution in [0.25, 0.3) is 0 Å². The van der Waals surface area contributed by atoms with Gasteiger partial charge in [-0.3, -0.25) is 19.5 Å². The van der Waals surface area contributed by atoms with Gasteiger partial charge in [0.15, 0.2) is 0 Å². The average molecular weight is 377 g/mol. The zero-order valence-electron chi connectivity index (χ0n) is 14.4. The van der Waals surface area contributed by atoms with Gasteiger partial charge < -0.3 is 31.1 Å². The molecule has 1 saturated heterocycles. The first-order valence-electron chi connectivity index (χ1n) is 8.47. The van der Waals surface area contributed by atoms with Crippen LogP contribution in [-0.4, -0.2) is 57.1 Å². The molecular formula is C15H20BN5O6. The highest BCUT2D eigenvalue weighted by Gasteiger charge is 2.50. The number of anilines is 3. The molecule has 0 spiro atoms. The summed E-state index contributed by atoms with van der Waals surface area (Å²) in [6.07, 6.45) is 2.28. The summed E-state index contributed by atoms with van der Waals surface area (Å²) in [4.78, 5) is 37.3. The number of H-pyrrole nitrogens is 1. The van der Waals surface area contributed by atoms with E-state index in [2.05, 4.69) is 15.5 Å². The van der Waals surface area contributed by atoms with Crippen molar-refractivity contribution < 1.29 is 19.9 Å². The number of aromatic amines is 1. The summed E-state index contributed by atoms with van der Waals surface area (Å²) >= 11 is 0. The van der Waals surface area contributed by atoms with Crippen LogP contribution in [0.1, 0.15) is 12.8 Å². The van der Waals surface area contributed by atoms with E-state index >= 15 is 0 Å². The van der Waals surface area contributed by atoms with E-state index in [1.54, 1.807) is 6.07 Å². The third-order valence-corrected chi connectivity index (χ3v) is 5.00. The molecule has 0 aliphatic carbocycles. The normalized spacial score (nSPS) is 22.3. The molecule has 7 N–H and O–H groups in total. The summed E-state index contributed by atoms with van der Waals surface area (Å²) < 4.78 is 0. The van der Waals surface area contributed by atoms with E-state index in [9.17, 15) is 19.5 Å². The molecule has 1 aromatic heterocycles. The van der Waals surface area contributed by atoms with Crippen LogP contribution >= 0.6 is 0 Å². The fourth-order valence-corrected chi connectivity index (χ4v) is 3.50. The molecule has 2 heterocycles. The van der Waals surface area contributed by atoms with Gasteiger partial charge in [-0.15, -0.1) is 0 Å². The summed E-state index contributed by atoms with van der Waals surface area (Å²) in [5, 5.41) is 36.7. The molecular weight excluding hydrogens is 357 g/mol. The van der Waals surface area contributed by atoms with E-state index < -0.39 is 35.4 Å². The number of aliphatic carboxylic acids is 1. The Morgan fingerprint density at radius 3 is 2.78 bits per heavy atom. The molecule has 11 nitrogen and oxygen atoms in total. The summed E-state index contributed by atoms with van der Waals surface area (Å²) in [6.45, 7) is 0.0457. The Labute approximate surface area is 153 Å². The fourth-order valence-electron chi connectivity index (χ4n) is 3.50. The maximum Gasteiger partial charge on any atom is 0.451 e. The van der Waals surface area contributed by atoms with E-state index in [1.165, 1.54) is 11.1 Å². The molecule has 3 rings (SSSR count). The van der Waals surface area contributed by atoms with Gasteiger partial charge in [-0.25, -0.2) is 0 Å². The highest BCUT2D eigenvalue weighted by Crippen LogP contribution is 2.35. The van der Waals surface area contributed by atoms with Crippen LogP contribution in [0.15, 0.2) is 21.9 Å². The molecule has 1 aromatic carbocycles. The number of aromatic nitrogens is 2. The van der Waals surface area contributed by atoms with Crippen molar-refractivity contribution in [1.29, 1.82) is 0 Å². The van der Waals surface area contributed by atoms with Crippen molar-refractivity contribution in [2.24, 2.45) is 11.7 Å². The smallest absolute Gasteiger partial charge is 0.451 e. The number of nitrogens with two attached hydrogens (primary N) is 1. The van der Waals surface area contributed by atoms with Crippen molar-refractivity contribution in [1.82, 2.24) is 10.2 Å². The first-order valence-corrected chi connectivity index (χ1v) is 8.47. The second-order valence-electron chi connectivity index (χ2n) is 6.81. The van der Waals surface area contributed by atoms with Crippen molar-refractivity contribution in [2.75, 3.05) is 23.3 Å². The number of rotatable bonds is 8. The van der Waals surface area contributed by atoms with E-state index in [-0.39, 0.29) is 30.8 Å². The lowest BCUT2D eigenvalue weighted by Crippen LogP contribution is -2.55. The Balaban J connectivity index is 1.82. The van der Waals surface area contributed by atoms with Gasteiger partial charge in [0.2, 0.25) is 0 Å². The standard InChI is InChI=1S/C15H20BN5O6/c17-15(14(24)25)7-21(6-8(15)2-1-4-16(26)27)11-10(12(22)13(11)23)19-9-3-5-18-20-9/h3,5,8,26-27H,1-2,4,6-7,17H2,(H,24,25)(H2,18,19,20)/t8-,15-/m0/s1. The quantitative estimate of drug-likeness (QED) is 0.227. The maximum absolute atomic E-state index is 12.1. The van der Waals surface area contributed by atoms with Crippen molar-refractivity contribution in [2.45, 2.75) is 24.7 Å². The number of carboxylic acids is 1. The number of hydrogen-bond donors (Lipinski definition) is 6. The Morgan fingerprint density at radius 1 is 1.44 bits per heavy atom. The summed E-state index contributed by atoms with van der Waals surface area (Å²) in [5.41, 5.74) is 3.30. The molecule has 0 amide bonds. The second-order valence-corrected chi connectivity index (χ2v) is 6.81. The number of nitrogens with one attached hydrogen (secondary N) is 2. The number of carbonyl (C=O) groups is 1. The third-order valence-electron chi connectivity index (χ3n) is 5.00. The van der Waals surface area contributed by atoms with Crippen molar-refractivity contribution in [3.05, 3.63) is 32.7 Å². The predicted molar refractivity (Wildman–Crippen MR) is 97.7 cm³/mol. The van der Waals surface area contributed by atoms with E-state index in [4.69, 9.17) is 15.8 Å². The molecule has 0 radical (unpaired) electrons. The lowest BCUT2D eigenvalue weighted by atomic mass is 9.78. The molecule has 12 heteroatoms. The van der Waals surface area contributed by atoms with Crippen LogP contribution in [0, 0.1) is 5.92 Å². The van der Waals surface area contributed by atoms with E-state index in [1.807, 2.05) is 0 Å². The van der Waals surface area contributed by atoms with Gasteiger partial charge in [-0.1, -0.05) is 6.42 Å². The largest absolute Gasteiger partial charge is 0.480 e. The monoisotopic (exact) mass is 377 g/mol. The highest BCUT2D eigenvalue weighted by atomic mass is 16.4. The predicted octanol–water partition coefficient (Wildman–Crippen LogP) is -1.78. The van der Waals surface area contributed by atoms with Crippen LogP contribution in [-0.2, 0) is 4.79 Å². The van der Waals surface area contributed by atoms with Gasteiger partial charge in [-0.05, 0) is 12.7 Å². The molecule has 144 valence electrons. The van der Waals surface area contributed by atoms with Crippen molar-refractivity contribution >= 4 is 30.3 Å². The molecule has 1 fully saturated rings. The van der Waals surface area contributed by atoms with Crippen molar-refractivity contribution in [3.8, 4) is 0 Å². The van der Waals surface area contributed by atoms with Crippen LogP contribution in [0.5, 0.6) is 0 Å². The average Bonchev–Trinajstić information content (AvgIpc) is 3.23. The second kappa shape index (κ2) is 7.14. The maximum atomic E-state index is 12.1. The van der Waals surface area contributed by atoms with Gasteiger partial charge in [-0.2, -0.15) is 5.10 Å². The zero-order valence-corrected chi connectivity index (χ0v) is 14.4. The molecule has 1 aliphatic rings. The van der Waals surface area contributed by atoms with E-state index in [0.29, 0.717) is 18.7 Å². The number of hydrogen-bond acceptors (Lipinski definition) is 9. The molecule has 0 bridgehead atoms. The summed E-state index contributed by atoms with van der Waals surface area (Å²) in [5.74, 6) is -1.30. The Hall–Kier alpha value is -2.70. The lowest BCUT2D eigenvalue weighted by Gasteiger charge is -2.25. The minimum absolute atomic E-state index is 0.0726. The van der Waals surface area contributed by atoms with Crippen LogP contribution in [0.4, 0.5) is 17.2 Å². The van der Waals surface area contributed by atoms with Gasteiger partial charge in [0.25, 0.3) is 10.9 Å².